The summed E-state index contributed by atoms with van der Waals surface area (Å²) in [7, 11) is -3.95. The van der Waals surface area contributed by atoms with Crippen molar-refractivity contribution in [2.75, 3.05) is 19.6 Å². The molecule has 3 atom stereocenters. The molecular formula is C22H27ClN4O5S. The molecule has 2 aliphatic heterocycles. The van der Waals surface area contributed by atoms with E-state index >= 15 is 0 Å². The van der Waals surface area contributed by atoms with Crippen molar-refractivity contribution < 1.29 is 22.8 Å². The van der Waals surface area contributed by atoms with Crippen LogP contribution in [0.4, 0.5) is 0 Å². The van der Waals surface area contributed by atoms with Crippen LogP contribution in [0.15, 0.2) is 29.2 Å². The maximum atomic E-state index is 13.0. The number of carbonyl (C=O) groups is 3. The molecule has 2 saturated heterocycles. The number of hydrogen-bond donors (Lipinski definition) is 2. The molecule has 0 aromatic heterocycles. The highest BCUT2D eigenvalue weighted by atomic mass is 35.5. The molecule has 0 bridgehead atoms. The number of alkyl halides is 1. The van der Waals surface area contributed by atoms with Crippen LogP contribution in [0.5, 0.6) is 0 Å². The Bertz CT molecular complexity index is 1110. The van der Waals surface area contributed by atoms with Crippen LogP contribution in [0.2, 0.25) is 0 Å². The Hall–Kier alpha value is -2.43. The predicted octanol–water partition coefficient (Wildman–Crippen LogP) is 0.609. The lowest BCUT2D eigenvalue weighted by molar-refractivity contribution is -0.144. The van der Waals surface area contributed by atoms with Gasteiger partial charge in [0.25, 0.3) is 0 Å². The second-order valence-corrected chi connectivity index (χ2v) is 10.9. The Labute approximate surface area is 198 Å². The average Bonchev–Trinajstić information content (AvgIpc) is 3.26. The SMILES string of the molecule is NC(=O)[C@@H]1CCCN1C(=O)CN1CCC[C@H](NS(=O)(=O)c2ccc3c(c2)C=CC(Cl)C3)C1=O. The monoisotopic (exact) mass is 494 g/mol. The molecule has 1 aliphatic carbocycles. The van der Waals surface area contributed by atoms with Gasteiger partial charge in [-0.05, 0) is 55.4 Å². The first-order chi connectivity index (χ1) is 15.7. The minimum absolute atomic E-state index is 0.0706. The highest BCUT2D eigenvalue weighted by Gasteiger charge is 2.37. The molecule has 4 rings (SSSR count). The van der Waals surface area contributed by atoms with Gasteiger partial charge in [0.05, 0.1) is 16.8 Å². The van der Waals surface area contributed by atoms with Gasteiger partial charge in [-0.25, -0.2) is 8.42 Å². The van der Waals surface area contributed by atoms with Gasteiger partial charge in [-0.3, -0.25) is 14.4 Å². The van der Waals surface area contributed by atoms with Crippen molar-refractivity contribution in [3.63, 3.8) is 0 Å². The van der Waals surface area contributed by atoms with Crippen molar-refractivity contribution in [3.05, 3.63) is 35.4 Å². The van der Waals surface area contributed by atoms with Gasteiger partial charge in [0, 0.05) is 13.1 Å². The fourth-order valence-electron chi connectivity index (χ4n) is 4.64. The number of sulfonamides is 1. The number of rotatable bonds is 6. The third-order valence-electron chi connectivity index (χ3n) is 6.38. The van der Waals surface area contributed by atoms with E-state index < -0.39 is 33.9 Å². The van der Waals surface area contributed by atoms with Crippen molar-refractivity contribution in [1.82, 2.24) is 14.5 Å². The molecular weight excluding hydrogens is 468 g/mol. The molecule has 1 aromatic carbocycles. The van der Waals surface area contributed by atoms with Gasteiger partial charge in [-0.15, -0.1) is 11.6 Å². The third kappa shape index (κ3) is 5.07. The number of nitrogens with two attached hydrogens (primary N) is 1. The van der Waals surface area contributed by atoms with Crippen LogP contribution in [0.1, 0.15) is 36.8 Å². The Morgan fingerprint density at radius 1 is 1.18 bits per heavy atom. The van der Waals surface area contributed by atoms with Gasteiger partial charge >= 0.3 is 0 Å². The number of primary amides is 1. The van der Waals surface area contributed by atoms with Crippen molar-refractivity contribution in [2.24, 2.45) is 5.73 Å². The van der Waals surface area contributed by atoms with E-state index in [2.05, 4.69) is 4.72 Å². The van der Waals surface area contributed by atoms with Gasteiger partial charge < -0.3 is 15.5 Å². The number of amides is 3. The maximum absolute atomic E-state index is 13.0. The van der Waals surface area contributed by atoms with Gasteiger partial charge in [-0.1, -0.05) is 18.2 Å². The number of allylic oxidation sites excluding steroid dienone is 1. The van der Waals surface area contributed by atoms with Crippen LogP contribution < -0.4 is 10.5 Å². The lowest BCUT2D eigenvalue weighted by Gasteiger charge is -2.33. The first-order valence-electron chi connectivity index (χ1n) is 11.0. The van der Waals surface area contributed by atoms with Gasteiger partial charge in [0.2, 0.25) is 27.7 Å². The molecule has 2 fully saturated rings. The lowest BCUT2D eigenvalue weighted by atomic mass is 9.97. The predicted molar refractivity (Wildman–Crippen MR) is 123 cm³/mol. The molecule has 0 spiro atoms. The molecule has 3 N–H and O–H groups in total. The number of hydrogen-bond acceptors (Lipinski definition) is 5. The molecule has 1 aromatic rings. The molecule has 11 heteroatoms. The maximum Gasteiger partial charge on any atom is 0.242 e. The van der Waals surface area contributed by atoms with Gasteiger partial charge in [0.15, 0.2) is 0 Å². The summed E-state index contributed by atoms with van der Waals surface area (Å²) >= 11 is 6.12. The second-order valence-electron chi connectivity index (χ2n) is 8.66. The molecule has 1 unspecified atom stereocenters. The Morgan fingerprint density at radius 3 is 2.70 bits per heavy atom. The van der Waals surface area contributed by atoms with Crippen molar-refractivity contribution in [3.8, 4) is 0 Å². The van der Waals surface area contributed by atoms with Crippen molar-refractivity contribution in [2.45, 2.75) is 54.5 Å². The zero-order valence-electron chi connectivity index (χ0n) is 18.1. The summed E-state index contributed by atoms with van der Waals surface area (Å²) in [5.74, 6) is -1.36. The third-order valence-corrected chi connectivity index (χ3v) is 8.15. The lowest BCUT2D eigenvalue weighted by Crippen LogP contribution is -2.55. The number of piperidine rings is 1. The first-order valence-corrected chi connectivity index (χ1v) is 12.9. The fourth-order valence-corrected chi connectivity index (χ4v) is 6.14. The van der Waals surface area contributed by atoms with Crippen LogP contribution >= 0.6 is 11.6 Å². The summed E-state index contributed by atoms with van der Waals surface area (Å²) in [6.07, 6.45) is 6.32. The quantitative estimate of drug-likeness (QED) is 0.559. The zero-order valence-corrected chi connectivity index (χ0v) is 19.6. The summed E-state index contributed by atoms with van der Waals surface area (Å²) in [5, 5.41) is -0.120. The second kappa shape index (κ2) is 9.44. The largest absolute Gasteiger partial charge is 0.368 e. The van der Waals surface area contributed by atoms with E-state index in [4.69, 9.17) is 17.3 Å². The van der Waals surface area contributed by atoms with E-state index in [1.807, 2.05) is 6.08 Å². The fraction of sp³-hybridized carbons (Fsp3) is 0.500. The summed E-state index contributed by atoms with van der Waals surface area (Å²) in [5.41, 5.74) is 7.13. The highest BCUT2D eigenvalue weighted by molar-refractivity contribution is 7.89. The van der Waals surface area contributed by atoms with Crippen LogP contribution in [-0.2, 0) is 30.8 Å². The molecule has 33 heavy (non-hydrogen) atoms. The summed E-state index contributed by atoms with van der Waals surface area (Å²) < 4.78 is 28.5. The minimum atomic E-state index is -3.95. The molecule has 3 amide bonds. The summed E-state index contributed by atoms with van der Waals surface area (Å²) in [6, 6.07) is 3.21. The molecule has 178 valence electrons. The van der Waals surface area contributed by atoms with Crippen LogP contribution in [0.25, 0.3) is 6.08 Å². The highest BCUT2D eigenvalue weighted by Crippen LogP contribution is 2.26. The Morgan fingerprint density at radius 2 is 1.94 bits per heavy atom. The van der Waals surface area contributed by atoms with E-state index in [1.165, 1.54) is 15.9 Å². The van der Waals surface area contributed by atoms with Crippen molar-refractivity contribution >= 4 is 45.4 Å². The average molecular weight is 495 g/mol. The van der Waals surface area contributed by atoms with Gasteiger partial charge in [-0.2, -0.15) is 4.72 Å². The zero-order chi connectivity index (χ0) is 23.8. The number of likely N-dealkylation sites (tertiary alicyclic amines) is 2. The summed E-state index contributed by atoms with van der Waals surface area (Å²) in [6.45, 7) is 0.562. The van der Waals surface area contributed by atoms with Crippen molar-refractivity contribution in [1.29, 1.82) is 0 Å². The van der Waals surface area contributed by atoms with Crippen LogP contribution in [-0.4, -0.2) is 73.0 Å². The number of nitrogens with one attached hydrogen (secondary N) is 1. The molecule has 0 saturated carbocycles. The number of carbonyl (C=O) groups excluding carboxylic acids is 3. The molecule has 0 radical (unpaired) electrons. The Kier molecular flexibility index (Phi) is 6.78. The molecule has 3 aliphatic rings. The van der Waals surface area contributed by atoms with E-state index in [0.29, 0.717) is 45.2 Å². The topological polar surface area (TPSA) is 130 Å². The summed E-state index contributed by atoms with van der Waals surface area (Å²) in [4.78, 5) is 40.1. The molecule has 9 nitrogen and oxygen atoms in total. The standard InChI is InChI=1S/C22H27ClN4O5S/c23-16-7-5-15-12-17(8-6-14(15)11-16)33(31,32)25-18-3-1-9-26(22(18)30)13-20(28)27-10-2-4-19(27)21(24)29/h5-8,12,16,18-19,25H,1-4,9-11,13H2,(H2,24,29)/t16?,18-,19-/m0/s1. The van der Waals surface area contributed by atoms with E-state index in [9.17, 15) is 22.8 Å². The smallest absolute Gasteiger partial charge is 0.242 e. The number of nitrogens with zero attached hydrogens (tertiary/aromatic N) is 2. The normalized spacial score (nSPS) is 25.2. The van der Waals surface area contributed by atoms with Crippen LogP contribution in [0, 0.1) is 0 Å². The number of halogens is 1. The minimum Gasteiger partial charge on any atom is -0.368 e. The first kappa shape index (κ1) is 23.7. The van der Waals surface area contributed by atoms with E-state index in [-0.39, 0.29) is 22.7 Å². The van der Waals surface area contributed by atoms with Gasteiger partial charge in [0.1, 0.15) is 12.1 Å². The Balaban J connectivity index is 1.43. The van der Waals surface area contributed by atoms with E-state index in [1.54, 1.807) is 18.2 Å². The molecule has 2 heterocycles. The number of fused-ring (bicyclic) bond motifs is 1. The van der Waals surface area contributed by atoms with Crippen LogP contribution in [0.3, 0.4) is 0 Å². The number of benzene rings is 1. The van der Waals surface area contributed by atoms with E-state index in [0.717, 1.165) is 11.1 Å².